The molecule has 7 heteroatoms. The van der Waals surface area contributed by atoms with Crippen LogP contribution in [0.3, 0.4) is 0 Å². The molecule has 6 nitrogen and oxygen atoms in total. The first kappa shape index (κ1) is 13.2. The molecule has 0 saturated carbocycles. The monoisotopic (exact) mass is 298 g/mol. The number of nitrogens with one attached hydrogen (secondary N) is 1. The molecule has 1 aromatic carbocycles. The van der Waals surface area contributed by atoms with Crippen molar-refractivity contribution in [2.75, 3.05) is 5.32 Å². The van der Waals surface area contributed by atoms with Crippen LogP contribution in [0.15, 0.2) is 48.8 Å². The zero-order valence-corrected chi connectivity index (χ0v) is 11.5. The number of benzene rings is 1. The molecule has 0 unspecified atom stereocenters. The summed E-state index contributed by atoms with van der Waals surface area (Å²) in [5.74, 6) is -0.991. The molecule has 2 N–H and O–H groups in total. The number of anilines is 2. The summed E-state index contributed by atoms with van der Waals surface area (Å²) in [6, 6.07) is 10.4. The van der Waals surface area contributed by atoms with Crippen molar-refractivity contribution in [3.8, 4) is 10.6 Å². The Labute approximate surface area is 124 Å². The van der Waals surface area contributed by atoms with Gasteiger partial charge in [0, 0.05) is 18.0 Å². The highest BCUT2D eigenvalue weighted by atomic mass is 32.1. The highest BCUT2D eigenvalue weighted by molar-refractivity contribution is 7.18. The third-order valence-electron chi connectivity index (χ3n) is 2.73. The number of rotatable bonds is 4. The smallest absolute Gasteiger partial charge is 0.337 e. The van der Waals surface area contributed by atoms with Gasteiger partial charge in [0.05, 0.1) is 11.3 Å². The molecule has 0 radical (unpaired) electrons. The number of nitrogens with zero attached hydrogens (tertiary/aromatic N) is 3. The summed E-state index contributed by atoms with van der Waals surface area (Å²) >= 11 is 1.33. The molecule has 0 aliphatic heterocycles. The van der Waals surface area contributed by atoms with Crippen molar-refractivity contribution in [2.45, 2.75) is 0 Å². The minimum Gasteiger partial charge on any atom is -0.478 e. The third-order valence-corrected chi connectivity index (χ3v) is 3.62. The summed E-state index contributed by atoms with van der Waals surface area (Å²) in [6.45, 7) is 0. The number of para-hydroxylation sites is 1. The van der Waals surface area contributed by atoms with Gasteiger partial charge >= 0.3 is 5.97 Å². The standard InChI is InChI=1S/C14H10N4O2S/c19-13(20)10-5-1-2-6-11(10)16-14-18-17-12(21-14)9-4-3-7-15-8-9/h1-8H,(H,16,18)(H,19,20). The van der Waals surface area contributed by atoms with Crippen molar-refractivity contribution >= 4 is 28.1 Å². The highest BCUT2D eigenvalue weighted by Gasteiger charge is 2.12. The minimum atomic E-state index is -0.991. The van der Waals surface area contributed by atoms with Crippen LogP contribution in [-0.2, 0) is 0 Å². The SMILES string of the molecule is O=C(O)c1ccccc1Nc1nnc(-c2cccnc2)s1. The summed E-state index contributed by atoms with van der Waals surface area (Å²) in [6.07, 6.45) is 3.39. The maximum atomic E-state index is 11.2. The van der Waals surface area contributed by atoms with Gasteiger partial charge < -0.3 is 10.4 Å². The molecule has 104 valence electrons. The van der Waals surface area contributed by atoms with E-state index in [4.69, 9.17) is 5.11 Å². The third kappa shape index (κ3) is 2.87. The van der Waals surface area contributed by atoms with E-state index >= 15 is 0 Å². The van der Waals surface area contributed by atoms with Gasteiger partial charge in [0.2, 0.25) is 5.13 Å². The summed E-state index contributed by atoms with van der Waals surface area (Å²) in [5, 5.41) is 21.5. The van der Waals surface area contributed by atoms with Gasteiger partial charge in [-0.3, -0.25) is 4.98 Å². The first-order valence-electron chi connectivity index (χ1n) is 6.07. The van der Waals surface area contributed by atoms with Crippen LogP contribution in [0.25, 0.3) is 10.6 Å². The number of pyridine rings is 1. The van der Waals surface area contributed by atoms with E-state index in [-0.39, 0.29) is 5.56 Å². The number of carboxylic acid groups (broad SMARTS) is 1. The van der Waals surface area contributed by atoms with E-state index in [0.29, 0.717) is 10.8 Å². The van der Waals surface area contributed by atoms with E-state index < -0.39 is 5.97 Å². The van der Waals surface area contributed by atoms with Gasteiger partial charge in [0.1, 0.15) is 0 Å². The van der Waals surface area contributed by atoms with E-state index in [1.165, 1.54) is 17.4 Å². The number of aromatic carboxylic acids is 1. The van der Waals surface area contributed by atoms with E-state index in [0.717, 1.165) is 10.6 Å². The maximum absolute atomic E-state index is 11.2. The van der Waals surface area contributed by atoms with E-state index in [9.17, 15) is 4.79 Å². The lowest BCUT2D eigenvalue weighted by Gasteiger charge is -2.05. The lowest BCUT2D eigenvalue weighted by molar-refractivity contribution is 0.0698. The first-order valence-corrected chi connectivity index (χ1v) is 6.89. The molecular formula is C14H10N4O2S. The fourth-order valence-electron chi connectivity index (χ4n) is 1.77. The number of hydrogen-bond donors (Lipinski definition) is 2. The summed E-state index contributed by atoms with van der Waals surface area (Å²) in [4.78, 5) is 15.2. The summed E-state index contributed by atoms with van der Waals surface area (Å²) in [5.41, 5.74) is 1.55. The Morgan fingerprint density at radius 3 is 2.76 bits per heavy atom. The second kappa shape index (κ2) is 5.68. The fraction of sp³-hybridized carbons (Fsp3) is 0. The topological polar surface area (TPSA) is 88.0 Å². The Kier molecular flexibility index (Phi) is 3.57. The minimum absolute atomic E-state index is 0.190. The van der Waals surface area contributed by atoms with Gasteiger partial charge in [-0.25, -0.2) is 4.79 Å². The molecule has 0 fully saturated rings. The quantitative estimate of drug-likeness (QED) is 0.769. The molecule has 0 aliphatic rings. The van der Waals surface area contributed by atoms with Crippen molar-refractivity contribution in [2.24, 2.45) is 0 Å². The van der Waals surface area contributed by atoms with Gasteiger partial charge in [0.25, 0.3) is 0 Å². The van der Waals surface area contributed by atoms with Crippen molar-refractivity contribution in [3.63, 3.8) is 0 Å². The molecule has 0 saturated heterocycles. The number of aromatic nitrogens is 3. The predicted molar refractivity (Wildman–Crippen MR) is 79.8 cm³/mol. The maximum Gasteiger partial charge on any atom is 0.337 e. The average molecular weight is 298 g/mol. The average Bonchev–Trinajstić information content (AvgIpc) is 2.97. The lowest BCUT2D eigenvalue weighted by atomic mass is 10.2. The van der Waals surface area contributed by atoms with Crippen molar-refractivity contribution in [3.05, 3.63) is 54.4 Å². The van der Waals surface area contributed by atoms with Crippen LogP contribution in [0, 0.1) is 0 Å². The molecule has 2 aromatic heterocycles. The largest absolute Gasteiger partial charge is 0.478 e. The van der Waals surface area contributed by atoms with Gasteiger partial charge in [0.15, 0.2) is 5.01 Å². The Bertz CT molecular complexity index is 773. The van der Waals surface area contributed by atoms with Gasteiger partial charge in [-0.2, -0.15) is 0 Å². The zero-order valence-electron chi connectivity index (χ0n) is 10.7. The second-order valence-corrected chi connectivity index (χ2v) is 5.11. The normalized spacial score (nSPS) is 10.3. The van der Waals surface area contributed by atoms with Crippen molar-refractivity contribution < 1.29 is 9.90 Å². The number of carbonyl (C=O) groups is 1. The molecule has 0 spiro atoms. The van der Waals surface area contributed by atoms with Crippen LogP contribution < -0.4 is 5.32 Å². The van der Waals surface area contributed by atoms with Crippen LogP contribution in [-0.4, -0.2) is 26.3 Å². The van der Waals surface area contributed by atoms with Gasteiger partial charge in [-0.1, -0.05) is 23.5 Å². The Hall–Kier alpha value is -2.80. The lowest BCUT2D eigenvalue weighted by Crippen LogP contribution is -2.02. The van der Waals surface area contributed by atoms with E-state index in [2.05, 4.69) is 20.5 Å². The summed E-state index contributed by atoms with van der Waals surface area (Å²) < 4.78 is 0. The Morgan fingerprint density at radius 1 is 1.14 bits per heavy atom. The van der Waals surface area contributed by atoms with Crippen molar-refractivity contribution in [1.29, 1.82) is 0 Å². The van der Waals surface area contributed by atoms with Crippen LogP contribution in [0.2, 0.25) is 0 Å². The van der Waals surface area contributed by atoms with Gasteiger partial charge in [-0.05, 0) is 24.3 Å². The molecule has 3 rings (SSSR count). The predicted octanol–water partition coefficient (Wildman–Crippen LogP) is 3.04. The Morgan fingerprint density at radius 2 is 2.00 bits per heavy atom. The van der Waals surface area contributed by atoms with E-state index in [1.807, 2.05) is 12.1 Å². The van der Waals surface area contributed by atoms with E-state index in [1.54, 1.807) is 30.6 Å². The molecule has 0 atom stereocenters. The van der Waals surface area contributed by atoms with Crippen LogP contribution >= 0.6 is 11.3 Å². The second-order valence-electron chi connectivity index (χ2n) is 4.13. The molecule has 0 bridgehead atoms. The highest BCUT2D eigenvalue weighted by Crippen LogP contribution is 2.28. The first-order chi connectivity index (χ1) is 10.2. The molecule has 0 aliphatic carbocycles. The number of carboxylic acids is 1. The van der Waals surface area contributed by atoms with Gasteiger partial charge in [-0.15, -0.1) is 10.2 Å². The van der Waals surface area contributed by atoms with Crippen LogP contribution in [0.1, 0.15) is 10.4 Å². The fourth-order valence-corrected chi connectivity index (χ4v) is 2.52. The number of hydrogen-bond acceptors (Lipinski definition) is 6. The molecule has 3 aromatic rings. The van der Waals surface area contributed by atoms with Crippen molar-refractivity contribution in [1.82, 2.24) is 15.2 Å². The molecule has 2 heterocycles. The zero-order chi connectivity index (χ0) is 14.7. The molecular weight excluding hydrogens is 288 g/mol. The van der Waals surface area contributed by atoms with Crippen LogP contribution in [0.5, 0.6) is 0 Å². The Balaban J connectivity index is 1.87. The summed E-state index contributed by atoms with van der Waals surface area (Å²) in [7, 11) is 0. The van der Waals surface area contributed by atoms with Crippen LogP contribution in [0.4, 0.5) is 10.8 Å². The molecule has 21 heavy (non-hydrogen) atoms. The molecule has 0 amide bonds.